The Morgan fingerprint density at radius 1 is 1.36 bits per heavy atom. The minimum absolute atomic E-state index is 0.0688. The number of alkyl halides is 3. The van der Waals surface area contributed by atoms with E-state index < -0.39 is 12.3 Å². The quantitative estimate of drug-likeness (QED) is 0.694. The zero-order valence-corrected chi connectivity index (χ0v) is 6.48. The molecule has 0 radical (unpaired) electrons. The van der Waals surface area contributed by atoms with Crippen molar-refractivity contribution in [3.8, 4) is 0 Å². The van der Waals surface area contributed by atoms with Crippen LogP contribution in [0.5, 0.6) is 0 Å². The summed E-state index contributed by atoms with van der Waals surface area (Å²) in [6, 6.07) is -0.361. The molecule has 0 aromatic rings. The summed E-state index contributed by atoms with van der Waals surface area (Å²) < 4.78 is 39.6. The molecule has 5 heteroatoms. The second kappa shape index (κ2) is 3.92. The van der Waals surface area contributed by atoms with Gasteiger partial charge in [-0.15, -0.1) is 0 Å². The van der Waals surface area contributed by atoms with Crippen LogP contribution in [0.4, 0.5) is 13.2 Å². The van der Waals surface area contributed by atoms with Gasteiger partial charge < -0.3 is 10.5 Å². The van der Waals surface area contributed by atoms with Crippen molar-refractivity contribution in [3.05, 3.63) is 0 Å². The van der Waals surface area contributed by atoms with Crippen LogP contribution >= 0.6 is 0 Å². The molecule has 0 saturated heterocycles. The average molecular weight is 171 g/mol. The lowest BCUT2D eigenvalue weighted by Gasteiger charge is -2.17. The SMILES string of the molecule is CC(OC[C@@H](C)N)C(F)(F)F. The Morgan fingerprint density at radius 2 is 1.82 bits per heavy atom. The number of ether oxygens (including phenoxy) is 1. The first-order valence-corrected chi connectivity index (χ1v) is 3.28. The summed E-state index contributed by atoms with van der Waals surface area (Å²) in [4.78, 5) is 0. The fourth-order valence-electron chi connectivity index (χ4n) is 0.391. The summed E-state index contributed by atoms with van der Waals surface area (Å²) in [6.07, 6.45) is -6.01. The normalized spacial score (nSPS) is 18.0. The van der Waals surface area contributed by atoms with Crippen molar-refractivity contribution in [2.75, 3.05) is 6.61 Å². The first-order chi connectivity index (χ1) is 4.84. The predicted octanol–water partition coefficient (Wildman–Crippen LogP) is 1.30. The van der Waals surface area contributed by atoms with E-state index >= 15 is 0 Å². The third kappa shape index (κ3) is 5.03. The van der Waals surface area contributed by atoms with Crippen LogP contribution in [0.15, 0.2) is 0 Å². The van der Waals surface area contributed by atoms with E-state index in [2.05, 4.69) is 4.74 Å². The van der Waals surface area contributed by atoms with E-state index in [1.54, 1.807) is 6.92 Å². The van der Waals surface area contributed by atoms with E-state index in [1.165, 1.54) is 0 Å². The van der Waals surface area contributed by atoms with Gasteiger partial charge in [0.25, 0.3) is 0 Å². The zero-order chi connectivity index (χ0) is 9.07. The maximum Gasteiger partial charge on any atom is 0.414 e. The van der Waals surface area contributed by atoms with Crippen molar-refractivity contribution < 1.29 is 17.9 Å². The number of rotatable bonds is 3. The van der Waals surface area contributed by atoms with Crippen LogP contribution in [0, 0.1) is 0 Å². The summed E-state index contributed by atoms with van der Waals surface area (Å²) in [5, 5.41) is 0. The molecule has 2 N–H and O–H groups in total. The van der Waals surface area contributed by atoms with Gasteiger partial charge >= 0.3 is 6.18 Å². The van der Waals surface area contributed by atoms with Gasteiger partial charge in [0.1, 0.15) is 0 Å². The molecular formula is C6H12F3NO. The van der Waals surface area contributed by atoms with Gasteiger partial charge in [-0.3, -0.25) is 0 Å². The Balaban J connectivity index is 3.61. The summed E-state index contributed by atoms with van der Waals surface area (Å²) in [5.74, 6) is 0. The average Bonchev–Trinajstić information content (AvgIpc) is 1.80. The van der Waals surface area contributed by atoms with E-state index in [0.717, 1.165) is 6.92 Å². The Hall–Kier alpha value is -0.290. The second-order valence-corrected chi connectivity index (χ2v) is 2.49. The van der Waals surface area contributed by atoms with Crippen molar-refractivity contribution in [2.45, 2.75) is 32.2 Å². The van der Waals surface area contributed by atoms with Gasteiger partial charge in [-0.1, -0.05) is 0 Å². The highest BCUT2D eigenvalue weighted by Crippen LogP contribution is 2.22. The molecule has 0 amide bonds. The summed E-state index contributed by atoms with van der Waals surface area (Å²) >= 11 is 0. The topological polar surface area (TPSA) is 35.2 Å². The Labute approximate surface area is 63.5 Å². The lowest BCUT2D eigenvalue weighted by molar-refractivity contribution is -0.214. The van der Waals surface area contributed by atoms with Crippen molar-refractivity contribution >= 4 is 0 Å². The molecule has 0 aromatic carbocycles. The molecule has 0 heterocycles. The monoisotopic (exact) mass is 171 g/mol. The molecule has 0 bridgehead atoms. The molecule has 68 valence electrons. The molecule has 0 spiro atoms. The summed E-state index contributed by atoms with van der Waals surface area (Å²) in [7, 11) is 0. The smallest absolute Gasteiger partial charge is 0.367 e. The fourth-order valence-corrected chi connectivity index (χ4v) is 0.391. The molecule has 2 atom stereocenters. The zero-order valence-electron chi connectivity index (χ0n) is 6.48. The number of halogens is 3. The first kappa shape index (κ1) is 10.7. The Morgan fingerprint density at radius 3 is 2.09 bits per heavy atom. The molecule has 1 unspecified atom stereocenters. The molecule has 0 rings (SSSR count). The molecule has 0 fully saturated rings. The summed E-state index contributed by atoms with van der Waals surface area (Å²) in [6.45, 7) is 2.48. The fraction of sp³-hybridized carbons (Fsp3) is 1.00. The minimum Gasteiger partial charge on any atom is -0.367 e. The number of nitrogens with two attached hydrogens (primary N) is 1. The third-order valence-electron chi connectivity index (χ3n) is 1.07. The van der Waals surface area contributed by atoms with E-state index in [1.807, 2.05) is 0 Å². The van der Waals surface area contributed by atoms with Crippen LogP contribution in [0.3, 0.4) is 0 Å². The van der Waals surface area contributed by atoms with E-state index in [9.17, 15) is 13.2 Å². The minimum atomic E-state index is -4.28. The van der Waals surface area contributed by atoms with Crippen molar-refractivity contribution in [1.29, 1.82) is 0 Å². The van der Waals surface area contributed by atoms with E-state index in [0.29, 0.717) is 0 Å². The molecule has 0 aromatic heterocycles. The van der Waals surface area contributed by atoms with Crippen molar-refractivity contribution in [3.63, 3.8) is 0 Å². The van der Waals surface area contributed by atoms with Crippen LogP contribution < -0.4 is 5.73 Å². The maximum absolute atomic E-state index is 11.7. The molecule has 11 heavy (non-hydrogen) atoms. The van der Waals surface area contributed by atoms with Crippen LogP contribution in [-0.2, 0) is 4.74 Å². The van der Waals surface area contributed by atoms with Gasteiger partial charge in [0, 0.05) is 6.04 Å². The van der Waals surface area contributed by atoms with Gasteiger partial charge in [0.15, 0.2) is 6.10 Å². The van der Waals surface area contributed by atoms with E-state index in [-0.39, 0.29) is 12.6 Å². The van der Waals surface area contributed by atoms with Crippen LogP contribution in [0.2, 0.25) is 0 Å². The van der Waals surface area contributed by atoms with Gasteiger partial charge in [-0.05, 0) is 13.8 Å². The molecule has 2 nitrogen and oxygen atoms in total. The lowest BCUT2D eigenvalue weighted by atomic mass is 10.3. The largest absolute Gasteiger partial charge is 0.414 e. The Bertz CT molecular complexity index is 113. The molecule has 0 aliphatic heterocycles. The maximum atomic E-state index is 11.7. The third-order valence-corrected chi connectivity index (χ3v) is 1.07. The second-order valence-electron chi connectivity index (χ2n) is 2.49. The molecule has 0 aliphatic carbocycles. The molecule has 0 aliphatic rings. The van der Waals surface area contributed by atoms with Crippen molar-refractivity contribution in [1.82, 2.24) is 0 Å². The first-order valence-electron chi connectivity index (χ1n) is 3.28. The molecular weight excluding hydrogens is 159 g/mol. The van der Waals surface area contributed by atoms with Crippen LogP contribution in [0.25, 0.3) is 0 Å². The highest BCUT2D eigenvalue weighted by Gasteiger charge is 2.36. The van der Waals surface area contributed by atoms with Crippen LogP contribution in [0.1, 0.15) is 13.8 Å². The number of hydrogen-bond donors (Lipinski definition) is 1. The number of hydrogen-bond acceptors (Lipinski definition) is 2. The van der Waals surface area contributed by atoms with Gasteiger partial charge in [0.05, 0.1) is 6.61 Å². The van der Waals surface area contributed by atoms with Gasteiger partial charge in [-0.2, -0.15) is 13.2 Å². The standard InChI is InChI=1S/C6H12F3NO/c1-4(10)3-11-5(2)6(7,8)9/h4-5H,3,10H2,1-2H3/t4-,5?/m1/s1. The van der Waals surface area contributed by atoms with Gasteiger partial charge in [0.2, 0.25) is 0 Å². The molecule has 0 saturated carbocycles. The predicted molar refractivity (Wildman–Crippen MR) is 35.1 cm³/mol. The van der Waals surface area contributed by atoms with Gasteiger partial charge in [-0.25, -0.2) is 0 Å². The van der Waals surface area contributed by atoms with E-state index in [4.69, 9.17) is 5.73 Å². The van der Waals surface area contributed by atoms with Crippen LogP contribution in [-0.4, -0.2) is 24.9 Å². The highest BCUT2D eigenvalue weighted by atomic mass is 19.4. The highest BCUT2D eigenvalue weighted by molar-refractivity contribution is 4.62. The Kier molecular flexibility index (Phi) is 3.82. The lowest BCUT2D eigenvalue weighted by Crippen LogP contribution is -2.33. The summed E-state index contributed by atoms with van der Waals surface area (Å²) in [5.41, 5.74) is 5.19. The van der Waals surface area contributed by atoms with Crippen molar-refractivity contribution in [2.24, 2.45) is 5.73 Å².